The van der Waals surface area contributed by atoms with E-state index >= 15 is 0 Å². The largest absolute Gasteiger partial charge is 1.00 e. The van der Waals surface area contributed by atoms with Crippen molar-refractivity contribution in [1.82, 2.24) is 10.2 Å². The fourth-order valence-corrected chi connectivity index (χ4v) is 2.65. The van der Waals surface area contributed by atoms with Crippen LogP contribution in [-0.2, 0) is 9.53 Å². The first-order chi connectivity index (χ1) is 11.2. The van der Waals surface area contributed by atoms with Crippen LogP contribution in [0.3, 0.4) is 0 Å². The van der Waals surface area contributed by atoms with Crippen LogP contribution in [-0.4, -0.2) is 43.7 Å². The summed E-state index contributed by atoms with van der Waals surface area (Å²) in [5, 5.41) is 3.02. The Labute approximate surface area is 193 Å². The van der Waals surface area contributed by atoms with Gasteiger partial charge in [0, 0.05) is 26.2 Å². The number of unbranched alkanes of at least 4 members (excludes halogenated alkanes) is 5. The van der Waals surface area contributed by atoms with Crippen molar-refractivity contribution in [2.45, 2.75) is 72.1 Å². The fourth-order valence-electron chi connectivity index (χ4n) is 2.65. The van der Waals surface area contributed by atoms with Gasteiger partial charge in [-0.25, -0.2) is 0 Å². The van der Waals surface area contributed by atoms with Crippen LogP contribution >= 0.6 is 0 Å². The van der Waals surface area contributed by atoms with Crippen LogP contribution < -0.4 is 56.7 Å². The van der Waals surface area contributed by atoms with Crippen LogP contribution in [0.4, 0.5) is 0 Å². The van der Waals surface area contributed by atoms with E-state index in [1.54, 1.807) is 0 Å². The molecule has 138 valence electrons. The summed E-state index contributed by atoms with van der Waals surface area (Å²) in [5.74, 6) is 0.735. The molecule has 1 saturated heterocycles. The minimum Gasteiger partial charge on any atom is -0.459 e. The Morgan fingerprint density at radius 3 is 2.25 bits per heavy atom. The Balaban J connectivity index is 0. The van der Waals surface area contributed by atoms with Gasteiger partial charge in [-0.15, -0.1) is 0 Å². The van der Waals surface area contributed by atoms with Crippen molar-refractivity contribution in [1.29, 1.82) is 0 Å². The van der Waals surface area contributed by atoms with Gasteiger partial charge in [0.15, 0.2) is 0 Å². The molecule has 0 spiro atoms. The second kappa shape index (κ2) is 20.3. The first kappa shape index (κ1) is 27.2. The molecular formula is C19H39KN2O2. The van der Waals surface area contributed by atoms with Gasteiger partial charge in [-0.2, -0.15) is 0 Å². The van der Waals surface area contributed by atoms with Gasteiger partial charge < -0.3 is 15.0 Å². The average molecular weight is 367 g/mol. The van der Waals surface area contributed by atoms with Crippen LogP contribution in [0.25, 0.3) is 0 Å². The third-order valence-corrected chi connectivity index (χ3v) is 3.89. The summed E-state index contributed by atoms with van der Waals surface area (Å²) in [6.07, 6.45) is 9.09. The van der Waals surface area contributed by atoms with Crippen LogP contribution in [0, 0.1) is 13.0 Å². The van der Waals surface area contributed by atoms with Crippen molar-refractivity contribution >= 4 is 5.91 Å². The first-order valence-corrected chi connectivity index (χ1v) is 9.62. The van der Waals surface area contributed by atoms with Crippen LogP contribution in [0.2, 0.25) is 0 Å². The molecule has 1 heterocycles. The quantitative estimate of drug-likeness (QED) is 0.301. The Morgan fingerprint density at radius 1 is 1.08 bits per heavy atom. The number of carbonyl (C=O) groups excluding carboxylic acids is 1. The van der Waals surface area contributed by atoms with E-state index in [0.717, 1.165) is 45.7 Å². The van der Waals surface area contributed by atoms with Crippen LogP contribution in [0.5, 0.6) is 0 Å². The number of hydrogen-bond acceptors (Lipinski definition) is 3. The maximum absolute atomic E-state index is 11.6. The zero-order valence-electron chi connectivity index (χ0n) is 16.7. The molecule has 1 N–H and O–H groups in total. The topological polar surface area (TPSA) is 41.6 Å². The standard InChI is InChI=1S/C17H33N2O2.C2H6.K/c1-3-11-21-12-9-7-5-4-6-8-10-18-17(20)13-16-14-19(2)15-16;1-2;/h16H,2-15H2,1H3,(H,18,20);1-2H3;/q-1;;+1. The van der Waals surface area contributed by atoms with E-state index in [0.29, 0.717) is 12.3 Å². The predicted octanol–water partition coefficient (Wildman–Crippen LogP) is 1.01. The molecule has 1 aliphatic rings. The van der Waals surface area contributed by atoms with Crippen molar-refractivity contribution in [3.8, 4) is 0 Å². The minimum atomic E-state index is 0. The van der Waals surface area contributed by atoms with Gasteiger partial charge in [-0.05, 0) is 38.3 Å². The van der Waals surface area contributed by atoms with Crippen molar-refractivity contribution in [2.75, 3.05) is 32.8 Å². The number of ether oxygens (including phenoxy) is 1. The molecule has 0 aromatic carbocycles. The molecule has 1 rings (SSSR count). The molecule has 1 amide bonds. The van der Waals surface area contributed by atoms with E-state index in [9.17, 15) is 4.79 Å². The summed E-state index contributed by atoms with van der Waals surface area (Å²) < 4.78 is 5.45. The molecule has 0 bridgehead atoms. The van der Waals surface area contributed by atoms with Gasteiger partial charge in [0.25, 0.3) is 0 Å². The number of nitrogens with zero attached hydrogens (tertiary/aromatic N) is 1. The predicted molar refractivity (Wildman–Crippen MR) is 98.2 cm³/mol. The minimum absolute atomic E-state index is 0. The monoisotopic (exact) mass is 366 g/mol. The molecule has 5 heteroatoms. The first-order valence-electron chi connectivity index (χ1n) is 9.62. The summed E-state index contributed by atoms with van der Waals surface area (Å²) in [5.41, 5.74) is 0. The van der Waals surface area contributed by atoms with E-state index in [4.69, 9.17) is 4.74 Å². The number of hydrogen-bond donors (Lipinski definition) is 1. The SMILES string of the molecule is CC.[CH2-]N1CC(CC(=O)NCCCCCCCCOCCC)C1.[K+]. The number of amides is 1. The molecule has 0 radical (unpaired) electrons. The molecule has 1 aliphatic heterocycles. The number of rotatable bonds is 13. The molecule has 0 saturated carbocycles. The van der Waals surface area contributed by atoms with Crippen molar-refractivity contribution in [2.24, 2.45) is 5.92 Å². The Bertz CT molecular complexity index is 272. The molecule has 1 fully saturated rings. The summed E-state index contributed by atoms with van der Waals surface area (Å²) in [6, 6.07) is 0. The average Bonchev–Trinajstić information content (AvgIpc) is 2.53. The van der Waals surface area contributed by atoms with Crippen molar-refractivity contribution in [3.63, 3.8) is 0 Å². The third-order valence-electron chi connectivity index (χ3n) is 3.89. The van der Waals surface area contributed by atoms with Gasteiger partial charge >= 0.3 is 51.4 Å². The van der Waals surface area contributed by atoms with E-state index in [-0.39, 0.29) is 57.3 Å². The van der Waals surface area contributed by atoms with E-state index in [2.05, 4.69) is 19.3 Å². The molecule has 0 aromatic rings. The van der Waals surface area contributed by atoms with Crippen molar-refractivity contribution < 1.29 is 60.9 Å². The van der Waals surface area contributed by atoms with Gasteiger partial charge in [0.2, 0.25) is 5.91 Å². The Morgan fingerprint density at radius 2 is 1.67 bits per heavy atom. The van der Waals surface area contributed by atoms with E-state index in [1.807, 2.05) is 18.7 Å². The fraction of sp³-hybridized carbons (Fsp3) is 0.895. The van der Waals surface area contributed by atoms with Gasteiger partial charge in [0.05, 0.1) is 0 Å². The zero-order chi connectivity index (χ0) is 17.3. The van der Waals surface area contributed by atoms with E-state index < -0.39 is 0 Å². The molecule has 0 aliphatic carbocycles. The molecule has 0 aromatic heterocycles. The number of nitrogens with one attached hydrogen (secondary N) is 1. The van der Waals surface area contributed by atoms with Crippen LogP contribution in [0.1, 0.15) is 72.1 Å². The van der Waals surface area contributed by atoms with Gasteiger partial charge in [-0.1, -0.05) is 46.5 Å². The Hall–Kier alpha value is 1.03. The summed E-state index contributed by atoms with van der Waals surface area (Å²) in [6.45, 7) is 10.7. The zero-order valence-corrected chi connectivity index (χ0v) is 19.9. The Kier molecular flexibility index (Phi) is 23.1. The summed E-state index contributed by atoms with van der Waals surface area (Å²) in [4.78, 5) is 13.7. The molecule has 0 unspecified atom stereocenters. The van der Waals surface area contributed by atoms with Gasteiger partial charge in [0.1, 0.15) is 0 Å². The van der Waals surface area contributed by atoms with Gasteiger partial charge in [-0.3, -0.25) is 11.8 Å². The van der Waals surface area contributed by atoms with Crippen molar-refractivity contribution in [3.05, 3.63) is 7.05 Å². The maximum atomic E-state index is 11.6. The molecule has 4 nitrogen and oxygen atoms in total. The van der Waals surface area contributed by atoms with Crippen LogP contribution in [0.15, 0.2) is 0 Å². The number of likely N-dealkylation sites (tertiary alicyclic amines) is 1. The maximum Gasteiger partial charge on any atom is 1.00 e. The second-order valence-electron chi connectivity index (χ2n) is 6.19. The smallest absolute Gasteiger partial charge is 0.459 e. The second-order valence-corrected chi connectivity index (χ2v) is 6.19. The summed E-state index contributed by atoms with van der Waals surface area (Å²) in [7, 11) is 3.83. The third kappa shape index (κ3) is 16.5. The molecular weight excluding hydrogens is 327 g/mol. The van der Waals surface area contributed by atoms with E-state index in [1.165, 1.54) is 32.1 Å². The molecule has 24 heavy (non-hydrogen) atoms. The normalized spacial score (nSPS) is 14.2. The summed E-state index contributed by atoms with van der Waals surface area (Å²) >= 11 is 0. The number of carbonyl (C=O) groups is 1. The molecule has 0 atom stereocenters.